The van der Waals surface area contributed by atoms with Crippen LogP contribution in [0.1, 0.15) is 30.4 Å². The van der Waals surface area contributed by atoms with Crippen LogP contribution in [0.2, 0.25) is 0 Å². The first-order chi connectivity index (χ1) is 13.4. The van der Waals surface area contributed by atoms with Gasteiger partial charge in [0, 0.05) is 17.0 Å². The molecule has 0 aliphatic carbocycles. The fourth-order valence-corrected chi connectivity index (χ4v) is 6.65. The van der Waals surface area contributed by atoms with E-state index < -0.39 is 27.6 Å². The van der Waals surface area contributed by atoms with Gasteiger partial charge >= 0.3 is 5.97 Å². The summed E-state index contributed by atoms with van der Waals surface area (Å²) < 4.78 is 39.2. The average Bonchev–Trinajstić information content (AvgIpc) is 3.11. The highest BCUT2D eigenvalue weighted by atomic mass is 32.2. The smallest absolute Gasteiger partial charge is 0.308 e. The van der Waals surface area contributed by atoms with Gasteiger partial charge in [-0.1, -0.05) is 36.4 Å². The fourth-order valence-electron chi connectivity index (χ4n) is 4.70. The molecule has 2 unspecified atom stereocenters. The molecule has 0 bridgehead atoms. The molecule has 3 aliphatic heterocycles. The maximum absolute atomic E-state index is 13.3. The summed E-state index contributed by atoms with van der Waals surface area (Å²) in [4.78, 5) is 12.6. The van der Waals surface area contributed by atoms with Crippen molar-refractivity contribution in [2.24, 2.45) is 0 Å². The van der Waals surface area contributed by atoms with E-state index in [4.69, 9.17) is 9.47 Å². The van der Waals surface area contributed by atoms with Crippen LogP contribution in [0, 0.1) is 0 Å². The first-order valence-corrected chi connectivity index (χ1v) is 10.5. The molecule has 0 radical (unpaired) electrons. The number of ether oxygens (including phenoxy) is 2. The number of para-hydroxylation sites is 1. The van der Waals surface area contributed by atoms with Crippen molar-refractivity contribution < 1.29 is 22.7 Å². The standard InChI is InChI=1S/C21H19NO5S/c1-21-15(13-7-3-5-9-17(13)26-2)11-16-14-8-4-6-10-18(14)28(24,25)22(16)19(21)12-20(23)27-21/h3-11,15,19H,12H2,1-2H3/t15?,19?,21-/m0/s1. The zero-order valence-corrected chi connectivity index (χ0v) is 16.3. The molecule has 2 aromatic rings. The highest BCUT2D eigenvalue weighted by Gasteiger charge is 2.61. The van der Waals surface area contributed by atoms with Gasteiger partial charge in [0.25, 0.3) is 10.0 Å². The number of hydrogen-bond acceptors (Lipinski definition) is 5. The van der Waals surface area contributed by atoms with Crippen molar-refractivity contribution >= 4 is 21.7 Å². The van der Waals surface area contributed by atoms with Crippen molar-refractivity contribution in [1.29, 1.82) is 0 Å². The number of fused-ring (bicyclic) bond motifs is 5. The van der Waals surface area contributed by atoms with Crippen LogP contribution in [0.15, 0.2) is 59.5 Å². The Hall–Kier alpha value is -2.80. The molecule has 1 fully saturated rings. The van der Waals surface area contributed by atoms with E-state index in [1.54, 1.807) is 25.3 Å². The lowest BCUT2D eigenvalue weighted by atomic mass is 9.75. The minimum atomic E-state index is -3.74. The number of nitrogens with zero attached hydrogens (tertiary/aromatic N) is 1. The monoisotopic (exact) mass is 397 g/mol. The molecular weight excluding hydrogens is 378 g/mol. The van der Waals surface area contributed by atoms with Crippen molar-refractivity contribution in [2.45, 2.75) is 35.8 Å². The molecule has 144 valence electrons. The number of carbonyl (C=O) groups excluding carboxylic acids is 1. The van der Waals surface area contributed by atoms with E-state index in [0.717, 1.165) is 5.56 Å². The minimum Gasteiger partial charge on any atom is -0.496 e. The van der Waals surface area contributed by atoms with Crippen LogP contribution in [0.5, 0.6) is 5.75 Å². The van der Waals surface area contributed by atoms with Gasteiger partial charge in [-0.15, -0.1) is 0 Å². The van der Waals surface area contributed by atoms with Crippen molar-refractivity contribution in [3.63, 3.8) is 0 Å². The van der Waals surface area contributed by atoms with E-state index in [1.807, 2.05) is 43.3 Å². The number of rotatable bonds is 2. The van der Waals surface area contributed by atoms with E-state index in [1.165, 1.54) is 4.31 Å². The molecule has 0 N–H and O–H groups in total. The van der Waals surface area contributed by atoms with Gasteiger partial charge in [-0.2, -0.15) is 0 Å². The van der Waals surface area contributed by atoms with E-state index in [0.29, 0.717) is 17.0 Å². The van der Waals surface area contributed by atoms with Crippen LogP contribution in [0.3, 0.4) is 0 Å². The Morgan fingerprint density at radius 1 is 1.14 bits per heavy atom. The van der Waals surface area contributed by atoms with Crippen LogP contribution in [0.4, 0.5) is 0 Å². The molecule has 3 aliphatic rings. The summed E-state index contributed by atoms with van der Waals surface area (Å²) in [7, 11) is -2.15. The lowest BCUT2D eigenvalue weighted by Crippen LogP contribution is -2.53. The maximum atomic E-state index is 13.3. The summed E-state index contributed by atoms with van der Waals surface area (Å²) in [5, 5.41) is 0. The number of sulfonamides is 1. The molecule has 7 heteroatoms. The predicted octanol–water partition coefficient (Wildman–Crippen LogP) is 2.91. The number of benzene rings is 2. The molecule has 28 heavy (non-hydrogen) atoms. The SMILES string of the molecule is COc1ccccc1C1C=C2c3ccccc3S(=O)(=O)N2C2CC(=O)O[C@@]12C. The van der Waals surface area contributed by atoms with Crippen molar-refractivity contribution in [3.8, 4) is 5.75 Å². The molecule has 0 saturated carbocycles. The predicted molar refractivity (Wildman–Crippen MR) is 102 cm³/mol. The highest BCUT2D eigenvalue weighted by molar-refractivity contribution is 7.90. The second-order valence-corrected chi connectivity index (χ2v) is 9.23. The zero-order valence-electron chi connectivity index (χ0n) is 15.5. The van der Waals surface area contributed by atoms with E-state index >= 15 is 0 Å². The van der Waals surface area contributed by atoms with Gasteiger partial charge in [-0.05, 0) is 25.1 Å². The van der Waals surface area contributed by atoms with Crippen LogP contribution in [-0.2, 0) is 19.6 Å². The first-order valence-electron chi connectivity index (χ1n) is 9.08. The summed E-state index contributed by atoms with van der Waals surface area (Å²) in [6.45, 7) is 1.81. The lowest BCUT2D eigenvalue weighted by Gasteiger charge is -2.44. The third-order valence-corrected chi connectivity index (χ3v) is 7.87. The van der Waals surface area contributed by atoms with E-state index in [-0.39, 0.29) is 17.2 Å². The largest absolute Gasteiger partial charge is 0.496 e. The maximum Gasteiger partial charge on any atom is 0.308 e. The number of esters is 1. The summed E-state index contributed by atoms with van der Waals surface area (Å²) >= 11 is 0. The van der Waals surface area contributed by atoms with Crippen LogP contribution < -0.4 is 4.74 Å². The topological polar surface area (TPSA) is 72.9 Å². The summed E-state index contributed by atoms with van der Waals surface area (Å²) in [5.74, 6) is -0.0595. The molecule has 0 aromatic heterocycles. The van der Waals surface area contributed by atoms with Gasteiger partial charge in [0.2, 0.25) is 0 Å². The molecule has 0 spiro atoms. The quantitative estimate of drug-likeness (QED) is 0.729. The van der Waals surface area contributed by atoms with Gasteiger partial charge < -0.3 is 9.47 Å². The summed E-state index contributed by atoms with van der Waals surface area (Å²) in [5.41, 5.74) is 1.10. The van der Waals surface area contributed by atoms with E-state index in [2.05, 4.69) is 0 Å². The summed E-state index contributed by atoms with van der Waals surface area (Å²) in [6, 6.07) is 13.9. The Morgan fingerprint density at radius 3 is 2.64 bits per heavy atom. The molecule has 5 rings (SSSR count). The Bertz CT molecular complexity index is 1140. The first kappa shape index (κ1) is 17.3. The van der Waals surface area contributed by atoms with Crippen molar-refractivity contribution in [3.05, 3.63) is 65.7 Å². The van der Waals surface area contributed by atoms with Gasteiger partial charge in [0.05, 0.1) is 30.2 Å². The lowest BCUT2D eigenvalue weighted by molar-refractivity contribution is -0.149. The fraction of sp³-hybridized carbons (Fsp3) is 0.286. The van der Waals surface area contributed by atoms with Gasteiger partial charge in [0.1, 0.15) is 11.4 Å². The Balaban J connectivity index is 1.80. The normalized spacial score (nSPS) is 29.4. The molecule has 2 aromatic carbocycles. The number of methoxy groups -OCH3 is 1. The number of hydrogen-bond donors (Lipinski definition) is 0. The average molecular weight is 397 g/mol. The molecular formula is C21H19NO5S. The molecule has 0 amide bonds. The molecule has 3 heterocycles. The second kappa shape index (κ2) is 5.61. The minimum absolute atomic E-state index is 0.0205. The Kier molecular flexibility index (Phi) is 3.47. The third-order valence-electron chi connectivity index (χ3n) is 5.99. The van der Waals surface area contributed by atoms with Crippen LogP contribution in [0.25, 0.3) is 5.70 Å². The van der Waals surface area contributed by atoms with Gasteiger partial charge in [0.15, 0.2) is 0 Å². The van der Waals surface area contributed by atoms with Crippen molar-refractivity contribution in [2.75, 3.05) is 7.11 Å². The number of carbonyl (C=O) groups is 1. The van der Waals surface area contributed by atoms with Gasteiger partial charge in [-0.25, -0.2) is 8.42 Å². The van der Waals surface area contributed by atoms with E-state index in [9.17, 15) is 13.2 Å². The Morgan fingerprint density at radius 2 is 1.86 bits per heavy atom. The molecule has 6 nitrogen and oxygen atoms in total. The zero-order chi connectivity index (χ0) is 19.7. The molecule has 1 saturated heterocycles. The highest BCUT2D eigenvalue weighted by Crippen LogP contribution is 2.55. The Labute approximate surface area is 163 Å². The van der Waals surface area contributed by atoms with Crippen LogP contribution >= 0.6 is 0 Å². The summed E-state index contributed by atoms with van der Waals surface area (Å²) in [6.07, 6.45) is 1.92. The van der Waals surface area contributed by atoms with Crippen molar-refractivity contribution in [1.82, 2.24) is 4.31 Å². The second-order valence-electron chi connectivity index (χ2n) is 7.45. The third kappa shape index (κ3) is 2.08. The molecule has 3 atom stereocenters. The van der Waals surface area contributed by atoms with Gasteiger partial charge in [-0.3, -0.25) is 9.10 Å². The van der Waals surface area contributed by atoms with Crippen LogP contribution in [-0.4, -0.2) is 37.4 Å².